The van der Waals surface area contributed by atoms with Gasteiger partial charge in [0.2, 0.25) is 11.8 Å². The molecule has 3 amide bonds. The number of carbonyl (C=O) groups is 3. The molecule has 0 bridgehead atoms. The van der Waals surface area contributed by atoms with E-state index >= 15 is 0 Å². The molecule has 0 radical (unpaired) electrons. The van der Waals surface area contributed by atoms with E-state index in [1.165, 1.54) is 12.8 Å². The van der Waals surface area contributed by atoms with Gasteiger partial charge in [0, 0.05) is 38.1 Å². The Morgan fingerprint density at radius 2 is 1.64 bits per heavy atom. The van der Waals surface area contributed by atoms with Gasteiger partial charge < -0.3 is 19.9 Å². The van der Waals surface area contributed by atoms with Crippen LogP contribution in [-0.2, 0) is 14.3 Å². The lowest BCUT2D eigenvalue weighted by Gasteiger charge is -2.37. The van der Waals surface area contributed by atoms with Crippen LogP contribution in [0, 0.1) is 17.3 Å². The van der Waals surface area contributed by atoms with E-state index in [1.54, 1.807) is 4.90 Å². The number of ether oxygens (including phenoxy) is 1. The second-order valence-electron chi connectivity index (χ2n) is 11.3. The Morgan fingerprint density at radius 1 is 0.972 bits per heavy atom. The average molecular weight is 496 g/mol. The predicted octanol–water partition coefficient (Wildman–Crippen LogP) is 4.33. The van der Waals surface area contributed by atoms with Crippen LogP contribution < -0.4 is 5.32 Å². The average Bonchev–Trinajstić information content (AvgIpc) is 3.32. The van der Waals surface area contributed by atoms with Crippen LogP contribution in [0.3, 0.4) is 0 Å². The molecule has 2 aliphatic heterocycles. The van der Waals surface area contributed by atoms with Gasteiger partial charge in [-0.05, 0) is 68.8 Å². The first kappa shape index (κ1) is 25.1. The molecule has 4 aliphatic rings. The number of benzene rings is 1. The molecular formula is C29H41N3O4. The topological polar surface area (TPSA) is 79.0 Å². The van der Waals surface area contributed by atoms with Gasteiger partial charge in [-0.3, -0.25) is 9.59 Å². The summed E-state index contributed by atoms with van der Waals surface area (Å²) >= 11 is 0. The number of piperidine rings is 2. The number of likely N-dealkylation sites (tertiary alicyclic amines) is 2. The number of hydrogen-bond acceptors (Lipinski definition) is 4. The third-order valence-electron chi connectivity index (χ3n) is 9.24. The van der Waals surface area contributed by atoms with Crippen LogP contribution in [0.5, 0.6) is 0 Å². The van der Waals surface area contributed by atoms with Crippen molar-refractivity contribution in [2.24, 2.45) is 17.3 Å². The maximum Gasteiger partial charge on any atom is 0.409 e. The first-order valence-corrected chi connectivity index (χ1v) is 14.1. The van der Waals surface area contributed by atoms with Crippen LogP contribution >= 0.6 is 0 Å². The molecular weight excluding hydrogens is 454 g/mol. The van der Waals surface area contributed by atoms with Crippen LogP contribution in [0.15, 0.2) is 30.3 Å². The van der Waals surface area contributed by atoms with E-state index in [0.29, 0.717) is 25.6 Å². The van der Waals surface area contributed by atoms with Crippen LogP contribution in [0.4, 0.5) is 4.79 Å². The van der Waals surface area contributed by atoms with Crippen LogP contribution in [0.2, 0.25) is 0 Å². The van der Waals surface area contributed by atoms with Crippen molar-refractivity contribution in [1.82, 2.24) is 15.1 Å². The summed E-state index contributed by atoms with van der Waals surface area (Å²) in [5.74, 6) is 0.944. The Kier molecular flexibility index (Phi) is 7.54. The zero-order valence-corrected chi connectivity index (χ0v) is 21.6. The molecule has 36 heavy (non-hydrogen) atoms. The molecule has 4 fully saturated rings. The van der Waals surface area contributed by atoms with Gasteiger partial charge in [0.05, 0.1) is 12.5 Å². The number of nitrogens with zero attached hydrogens (tertiary/aromatic N) is 2. The van der Waals surface area contributed by atoms with Crippen molar-refractivity contribution < 1.29 is 19.1 Å². The minimum absolute atomic E-state index is 0.0264. The number of hydrogen-bond donors (Lipinski definition) is 1. The highest BCUT2D eigenvalue weighted by Crippen LogP contribution is 2.59. The molecule has 2 saturated carbocycles. The lowest BCUT2D eigenvalue weighted by Crippen LogP contribution is -2.48. The number of nitrogens with one attached hydrogen (secondary N) is 1. The Hall–Kier alpha value is -2.57. The van der Waals surface area contributed by atoms with Crippen molar-refractivity contribution in [3.05, 3.63) is 35.9 Å². The van der Waals surface area contributed by atoms with Crippen molar-refractivity contribution in [2.45, 2.75) is 76.7 Å². The third-order valence-corrected chi connectivity index (χ3v) is 9.24. The fourth-order valence-electron chi connectivity index (χ4n) is 6.93. The maximum absolute atomic E-state index is 13.7. The van der Waals surface area contributed by atoms with E-state index in [1.807, 2.05) is 25.1 Å². The standard InChI is InChI=1S/C29H41N3O4/c1-2-36-28(35)32-16-12-23(13-17-32)30-26(33)24-20-29(24)14-18-31(19-15-29)27(34)25(22-10-6-7-11-22)21-8-4-3-5-9-21/h3-5,8-9,22-25H,2,6-7,10-20H2,1H3,(H,30,33). The minimum atomic E-state index is -0.257. The van der Waals surface area contributed by atoms with E-state index in [2.05, 4.69) is 22.3 Å². The second-order valence-corrected chi connectivity index (χ2v) is 11.3. The van der Waals surface area contributed by atoms with E-state index in [9.17, 15) is 14.4 Å². The zero-order valence-electron chi connectivity index (χ0n) is 21.6. The highest BCUT2D eigenvalue weighted by atomic mass is 16.6. The highest BCUT2D eigenvalue weighted by molar-refractivity contribution is 5.85. The van der Waals surface area contributed by atoms with Gasteiger partial charge >= 0.3 is 6.09 Å². The summed E-state index contributed by atoms with van der Waals surface area (Å²) < 4.78 is 5.09. The molecule has 2 unspecified atom stereocenters. The molecule has 2 saturated heterocycles. The van der Waals surface area contributed by atoms with E-state index in [-0.39, 0.29) is 41.2 Å². The molecule has 7 heteroatoms. The first-order valence-electron chi connectivity index (χ1n) is 14.1. The van der Waals surface area contributed by atoms with E-state index in [0.717, 1.165) is 63.6 Å². The van der Waals surface area contributed by atoms with Crippen molar-refractivity contribution in [3.8, 4) is 0 Å². The van der Waals surface area contributed by atoms with Gasteiger partial charge in [-0.15, -0.1) is 0 Å². The summed E-state index contributed by atoms with van der Waals surface area (Å²) in [6.45, 7) is 4.97. The summed E-state index contributed by atoms with van der Waals surface area (Å²) in [5, 5.41) is 3.26. The van der Waals surface area contributed by atoms with Gasteiger partial charge in [-0.2, -0.15) is 0 Å². The quantitative estimate of drug-likeness (QED) is 0.637. The van der Waals surface area contributed by atoms with E-state index < -0.39 is 0 Å². The normalized spacial score (nSPS) is 25.0. The fraction of sp³-hybridized carbons (Fsp3) is 0.690. The van der Waals surface area contributed by atoms with Gasteiger partial charge in [-0.25, -0.2) is 4.79 Å². The van der Waals surface area contributed by atoms with Crippen molar-refractivity contribution >= 4 is 17.9 Å². The zero-order chi connectivity index (χ0) is 25.1. The Morgan fingerprint density at radius 3 is 2.28 bits per heavy atom. The van der Waals surface area contributed by atoms with Crippen molar-refractivity contribution in [1.29, 1.82) is 0 Å². The lowest BCUT2D eigenvalue weighted by atomic mass is 9.82. The molecule has 1 aromatic rings. The SMILES string of the molecule is CCOC(=O)N1CCC(NC(=O)C2CC23CCN(C(=O)C(c2ccccc2)C2CCCC2)CC3)CC1. The molecule has 1 spiro atoms. The molecule has 7 nitrogen and oxygen atoms in total. The molecule has 2 atom stereocenters. The molecule has 2 heterocycles. The monoisotopic (exact) mass is 495 g/mol. The summed E-state index contributed by atoms with van der Waals surface area (Å²) in [7, 11) is 0. The number of rotatable bonds is 6. The predicted molar refractivity (Wildman–Crippen MR) is 137 cm³/mol. The fourth-order valence-corrected chi connectivity index (χ4v) is 6.93. The number of amides is 3. The van der Waals surface area contributed by atoms with Gasteiger partial charge in [0.25, 0.3) is 0 Å². The molecule has 2 aliphatic carbocycles. The summed E-state index contributed by atoms with van der Waals surface area (Å²) in [6.07, 6.45) is 8.80. The van der Waals surface area contributed by atoms with Crippen LogP contribution in [-0.4, -0.2) is 66.5 Å². The summed E-state index contributed by atoms with van der Waals surface area (Å²) in [4.78, 5) is 42.5. The van der Waals surface area contributed by atoms with Gasteiger partial charge in [0.1, 0.15) is 0 Å². The van der Waals surface area contributed by atoms with E-state index in [4.69, 9.17) is 4.74 Å². The summed E-state index contributed by atoms with van der Waals surface area (Å²) in [6, 6.07) is 10.5. The Bertz CT molecular complexity index is 929. The first-order chi connectivity index (χ1) is 17.5. The smallest absolute Gasteiger partial charge is 0.409 e. The van der Waals surface area contributed by atoms with Gasteiger partial charge in [0.15, 0.2) is 0 Å². The minimum Gasteiger partial charge on any atom is -0.450 e. The molecule has 196 valence electrons. The molecule has 1 aromatic carbocycles. The third kappa shape index (κ3) is 5.25. The highest BCUT2D eigenvalue weighted by Gasteiger charge is 2.59. The van der Waals surface area contributed by atoms with Crippen LogP contribution in [0.1, 0.15) is 76.2 Å². The largest absolute Gasteiger partial charge is 0.450 e. The number of carbonyl (C=O) groups excluding carboxylic acids is 3. The lowest BCUT2D eigenvalue weighted by molar-refractivity contribution is -0.135. The maximum atomic E-state index is 13.7. The summed E-state index contributed by atoms with van der Waals surface area (Å²) in [5.41, 5.74) is 1.23. The second kappa shape index (κ2) is 10.8. The Balaban J connectivity index is 1.12. The molecule has 0 aromatic heterocycles. The molecule has 5 rings (SSSR count). The van der Waals surface area contributed by atoms with Crippen molar-refractivity contribution in [2.75, 3.05) is 32.8 Å². The van der Waals surface area contributed by atoms with Gasteiger partial charge in [-0.1, -0.05) is 43.2 Å². The Labute approximate surface area is 214 Å². The van der Waals surface area contributed by atoms with Crippen LogP contribution in [0.25, 0.3) is 0 Å². The molecule has 1 N–H and O–H groups in total. The van der Waals surface area contributed by atoms with Crippen molar-refractivity contribution in [3.63, 3.8) is 0 Å².